The van der Waals surface area contributed by atoms with Gasteiger partial charge in [0, 0.05) is 6.08 Å². The van der Waals surface area contributed by atoms with Gasteiger partial charge in [0.2, 0.25) is 0 Å². The number of nitrogens with one attached hydrogen (secondary N) is 1. The number of carboxylic acid groups (broad SMARTS) is 1. The molecule has 1 aliphatic rings. The fourth-order valence-electron chi connectivity index (χ4n) is 1.72. The van der Waals surface area contributed by atoms with Crippen LogP contribution in [0.2, 0.25) is 0 Å². The number of rotatable bonds is 5. The standard InChI is InChI=1S/C11H16N2O4/c1-3-4-8-10(16)13(11(17)12-8)6-7(2)5-9(14)15/h5,8H,3-4,6H2,1-2H3,(H,12,17)(H,14,15). The van der Waals surface area contributed by atoms with Gasteiger partial charge in [-0.2, -0.15) is 0 Å². The molecule has 17 heavy (non-hydrogen) atoms. The summed E-state index contributed by atoms with van der Waals surface area (Å²) in [6.45, 7) is 3.52. The number of hydrogen-bond donors (Lipinski definition) is 2. The fourth-order valence-corrected chi connectivity index (χ4v) is 1.72. The van der Waals surface area contributed by atoms with E-state index < -0.39 is 18.0 Å². The molecule has 0 aromatic carbocycles. The van der Waals surface area contributed by atoms with Gasteiger partial charge in [-0.05, 0) is 18.9 Å². The Bertz CT molecular complexity index is 376. The second kappa shape index (κ2) is 5.47. The van der Waals surface area contributed by atoms with E-state index in [-0.39, 0.29) is 12.5 Å². The lowest BCUT2D eigenvalue weighted by atomic mass is 10.1. The van der Waals surface area contributed by atoms with Crippen LogP contribution in [0, 0.1) is 0 Å². The van der Waals surface area contributed by atoms with E-state index in [0.717, 1.165) is 17.4 Å². The van der Waals surface area contributed by atoms with Crippen LogP contribution in [0.25, 0.3) is 0 Å². The van der Waals surface area contributed by atoms with Gasteiger partial charge in [0.1, 0.15) is 6.04 Å². The molecule has 2 N–H and O–H groups in total. The van der Waals surface area contributed by atoms with Crippen LogP contribution in [0.5, 0.6) is 0 Å². The van der Waals surface area contributed by atoms with Gasteiger partial charge in [0.15, 0.2) is 0 Å². The topological polar surface area (TPSA) is 86.7 Å². The molecule has 0 radical (unpaired) electrons. The maximum Gasteiger partial charge on any atom is 0.328 e. The Labute approximate surface area is 99.3 Å². The molecule has 1 saturated heterocycles. The Kier molecular flexibility index (Phi) is 4.25. The number of amides is 3. The molecule has 1 rings (SSSR count). The summed E-state index contributed by atoms with van der Waals surface area (Å²) in [5.74, 6) is -1.37. The fraction of sp³-hybridized carbons (Fsp3) is 0.545. The third kappa shape index (κ3) is 3.30. The second-order valence-electron chi connectivity index (χ2n) is 4.04. The molecule has 1 heterocycles. The summed E-state index contributed by atoms with van der Waals surface area (Å²) in [4.78, 5) is 34.8. The highest BCUT2D eigenvalue weighted by atomic mass is 16.4. The van der Waals surface area contributed by atoms with Gasteiger partial charge in [-0.3, -0.25) is 9.69 Å². The van der Waals surface area contributed by atoms with Crippen LogP contribution >= 0.6 is 0 Å². The molecule has 0 spiro atoms. The van der Waals surface area contributed by atoms with Crippen molar-refractivity contribution in [2.75, 3.05) is 6.54 Å². The Morgan fingerprint density at radius 1 is 1.53 bits per heavy atom. The number of imide groups is 1. The summed E-state index contributed by atoms with van der Waals surface area (Å²) in [7, 11) is 0. The first-order valence-electron chi connectivity index (χ1n) is 5.47. The van der Waals surface area contributed by atoms with Gasteiger partial charge in [0.05, 0.1) is 6.54 Å². The Balaban J connectivity index is 2.69. The lowest BCUT2D eigenvalue weighted by Gasteiger charge is -2.12. The smallest absolute Gasteiger partial charge is 0.328 e. The van der Waals surface area contributed by atoms with Crippen molar-refractivity contribution in [2.24, 2.45) is 0 Å². The van der Waals surface area contributed by atoms with E-state index in [1.807, 2.05) is 6.92 Å². The van der Waals surface area contributed by atoms with Crippen LogP contribution in [-0.4, -0.2) is 40.5 Å². The molecule has 1 unspecified atom stereocenters. The van der Waals surface area contributed by atoms with Crippen molar-refractivity contribution in [3.63, 3.8) is 0 Å². The molecule has 0 aromatic heterocycles. The number of carboxylic acids is 1. The average molecular weight is 240 g/mol. The maximum absolute atomic E-state index is 11.8. The van der Waals surface area contributed by atoms with Gasteiger partial charge >= 0.3 is 12.0 Å². The largest absolute Gasteiger partial charge is 0.478 e. The van der Waals surface area contributed by atoms with Crippen molar-refractivity contribution in [1.29, 1.82) is 0 Å². The van der Waals surface area contributed by atoms with Gasteiger partial charge in [0.25, 0.3) is 5.91 Å². The number of aliphatic carboxylic acids is 1. The van der Waals surface area contributed by atoms with E-state index in [0.29, 0.717) is 12.0 Å². The number of hydrogen-bond acceptors (Lipinski definition) is 3. The first kappa shape index (κ1) is 13.2. The maximum atomic E-state index is 11.8. The molecule has 0 aliphatic carbocycles. The second-order valence-corrected chi connectivity index (χ2v) is 4.04. The zero-order valence-electron chi connectivity index (χ0n) is 9.90. The lowest BCUT2D eigenvalue weighted by Crippen LogP contribution is -2.33. The Hall–Kier alpha value is -1.85. The molecule has 6 heteroatoms. The average Bonchev–Trinajstić information content (AvgIpc) is 2.45. The van der Waals surface area contributed by atoms with E-state index in [1.165, 1.54) is 0 Å². The van der Waals surface area contributed by atoms with Gasteiger partial charge < -0.3 is 10.4 Å². The Morgan fingerprint density at radius 2 is 2.18 bits per heavy atom. The molecular weight excluding hydrogens is 224 g/mol. The first-order chi connectivity index (χ1) is 7.95. The van der Waals surface area contributed by atoms with E-state index in [1.54, 1.807) is 6.92 Å². The van der Waals surface area contributed by atoms with Crippen molar-refractivity contribution >= 4 is 17.9 Å². The van der Waals surface area contributed by atoms with Crippen molar-refractivity contribution in [1.82, 2.24) is 10.2 Å². The van der Waals surface area contributed by atoms with Crippen LogP contribution in [0.3, 0.4) is 0 Å². The van der Waals surface area contributed by atoms with Crippen LogP contribution < -0.4 is 5.32 Å². The summed E-state index contributed by atoms with van der Waals surface area (Å²) < 4.78 is 0. The molecule has 1 atom stereocenters. The highest BCUT2D eigenvalue weighted by Gasteiger charge is 2.36. The predicted molar refractivity (Wildman–Crippen MR) is 60.3 cm³/mol. The van der Waals surface area contributed by atoms with Crippen LogP contribution in [0.15, 0.2) is 11.6 Å². The van der Waals surface area contributed by atoms with E-state index in [2.05, 4.69) is 5.32 Å². The van der Waals surface area contributed by atoms with Crippen molar-refractivity contribution in [2.45, 2.75) is 32.7 Å². The first-order valence-corrected chi connectivity index (χ1v) is 5.47. The molecule has 94 valence electrons. The summed E-state index contributed by atoms with van der Waals surface area (Å²) in [5.41, 5.74) is 0.457. The zero-order chi connectivity index (χ0) is 13.0. The summed E-state index contributed by atoms with van der Waals surface area (Å²) in [5, 5.41) is 11.1. The Morgan fingerprint density at radius 3 is 2.71 bits per heavy atom. The van der Waals surface area contributed by atoms with Crippen molar-refractivity contribution < 1.29 is 19.5 Å². The highest BCUT2D eigenvalue weighted by Crippen LogP contribution is 2.12. The number of carbonyl (C=O) groups excluding carboxylic acids is 2. The quantitative estimate of drug-likeness (QED) is 0.548. The molecule has 6 nitrogen and oxygen atoms in total. The zero-order valence-corrected chi connectivity index (χ0v) is 9.90. The molecule has 0 bridgehead atoms. The summed E-state index contributed by atoms with van der Waals surface area (Å²) in [6, 6.07) is -0.920. The highest BCUT2D eigenvalue weighted by molar-refractivity contribution is 6.04. The van der Waals surface area contributed by atoms with E-state index >= 15 is 0 Å². The normalized spacial score (nSPS) is 20.7. The summed E-state index contributed by atoms with van der Waals surface area (Å²) >= 11 is 0. The van der Waals surface area contributed by atoms with Crippen LogP contribution in [0.1, 0.15) is 26.7 Å². The van der Waals surface area contributed by atoms with Crippen LogP contribution in [0.4, 0.5) is 4.79 Å². The SMILES string of the molecule is CCCC1NC(=O)N(CC(C)=CC(=O)O)C1=O. The van der Waals surface area contributed by atoms with Gasteiger partial charge in [-0.15, -0.1) is 0 Å². The minimum Gasteiger partial charge on any atom is -0.478 e. The molecule has 3 amide bonds. The molecule has 1 fully saturated rings. The molecule has 0 aromatic rings. The number of carbonyl (C=O) groups is 3. The van der Waals surface area contributed by atoms with Gasteiger partial charge in [-0.1, -0.05) is 13.3 Å². The lowest BCUT2D eigenvalue weighted by molar-refractivity contribution is -0.131. The van der Waals surface area contributed by atoms with E-state index in [4.69, 9.17) is 5.11 Å². The minimum absolute atomic E-state index is 0.0250. The summed E-state index contributed by atoms with van der Waals surface area (Å²) in [6.07, 6.45) is 2.39. The van der Waals surface area contributed by atoms with Crippen molar-refractivity contribution in [3.8, 4) is 0 Å². The third-order valence-corrected chi connectivity index (χ3v) is 2.46. The molecule has 0 saturated carbocycles. The van der Waals surface area contributed by atoms with Crippen LogP contribution in [-0.2, 0) is 9.59 Å². The predicted octanol–water partition coefficient (Wildman–Crippen LogP) is 0.738. The number of urea groups is 1. The number of nitrogens with zero attached hydrogens (tertiary/aromatic N) is 1. The molecular formula is C11H16N2O4. The van der Waals surface area contributed by atoms with E-state index in [9.17, 15) is 14.4 Å². The third-order valence-electron chi connectivity index (χ3n) is 2.46. The minimum atomic E-state index is -1.08. The van der Waals surface area contributed by atoms with Crippen molar-refractivity contribution in [3.05, 3.63) is 11.6 Å². The monoisotopic (exact) mass is 240 g/mol. The molecule has 1 aliphatic heterocycles. The van der Waals surface area contributed by atoms with Gasteiger partial charge in [-0.25, -0.2) is 9.59 Å².